The lowest BCUT2D eigenvalue weighted by Gasteiger charge is -2.05. The summed E-state index contributed by atoms with van der Waals surface area (Å²) in [6.45, 7) is 0.905. The van der Waals surface area contributed by atoms with Crippen LogP contribution in [0.15, 0.2) is 29.2 Å². The lowest BCUT2D eigenvalue weighted by Crippen LogP contribution is -2.12. The van der Waals surface area contributed by atoms with E-state index in [1.54, 1.807) is 19.2 Å². The van der Waals surface area contributed by atoms with Crippen LogP contribution in [-0.2, 0) is 14.8 Å². The molecule has 0 radical (unpaired) electrons. The van der Waals surface area contributed by atoms with E-state index in [9.17, 15) is 8.42 Å². The molecule has 1 aromatic carbocycles. The average Bonchev–Trinajstić information content (AvgIpc) is 2.18. The second kappa shape index (κ2) is 5.11. The van der Waals surface area contributed by atoms with E-state index in [1.165, 1.54) is 12.1 Å². The Balaban J connectivity index is 2.65. The van der Waals surface area contributed by atoms with Crippen LogP contribution < -0.4 is 9.88 Å². The van der Waals surface area contributed by atoms with Gasteiger partial charge in [-0.15, -0.1) is 0 Å². The van der Waals surface area contributed by atoms with Gasteiger partial charge in [-0.25, -0.2) is 13.6 Å². The highest BCUT2D eigenvalue weighted by molar-refractivity contribution is 7.89. The predicted molar refractivity (Wildman–Crippen MR) is 55.2 cm³/mol. The van der Waals surface area contributed by atoms with Crippen LogP contribution in [0.2, 0.25) is 0 Å². The van der Waals surface area contributed by atoms with Gasteiger partial charge in [0.2, 0.25) is 10.0 Å². The summed E-state index contributed by atoms with van der Waals surface area (Å²) in [5, 5.41) is 4.94. The molecule has 5 nitrogen and oxygen atoms in total. The van der Waals surface area contributed by atoms with Gasteiger partial charge >= 0.3 is 0 Å². The SMILES string of the molecule is COCCOc1ccc(S(N)(=O)=O)cc1. The fourth-order valence-corrected chi connectivity index (χ4v) is 1.48. The molecule has 0 aliphatic carbocycles. The largest absolute Gasteiger partial charge is 0.491 e. The number of sulfonamides is 1. The van der Waals surface area contributed by atoms with Crippen LogP contribution in [0.25, 0.3) is 0 Å². The standard InChI is InChI=1S/C9H13NO4S/c1-13-6-7-14-8-2-4-9(5-3-8)15(10,11)12/h2-5H,6-7H2,1H3,(H2,10,11,12). The van der Waals surface area contributed by atoms with Gasteiger partial charge in [0.1, 0.15) is 12.4 Å². The van der Waals surface area contributed by atoms with E-state index < -0.39 is 10.0 Å². The van der Waals surface area contributed by atoms with Gasteiger partial charge in [-0.1, -0.05) is 0 Å². The zero-order valence-electron chi connectivity index (χ0n) is 8.34. The van der Waals surface area contributed by atoms with E-state index in [-0.39, 0.29) is 4.90 Å². The second-order valence-electron chi connectivity index (χ2n) is 2.86. The van der Waals surface area contributed by atoms with Crippen molar-refractivity contribution < 1.29 is 17.9 Å². The Morgan fingerprint density at radius 2 is 1.80 bits per heavy atom. The van der Waals surface area contributed by atoms with Gasteiger partial charge in [0.25, 0.3) is 0 Å². The molecule has 0 saturated carbocycles. The first-order valence-corrected chi connectivity index (χ1v) is 5.83. The molecule has 0 atom stereocenters. The van der Waals surface area contributed by atoms with Crippen LogP contribution in [-0.4, -0.2) is 28.7 Å². The van der Waals surface area contributed by atoms with Crippen molar-refractivity contribution in [3.63, 3.8) is 0 Å². The summed E-state index contributed by atoms with van der Waals surface area (Å²) in [5.41, 5.74) is 0. The van der Waals surface area contributed by atoms with Gasteiger partial charge < -0.3 is 9.47 Å². The maximum atomic E-state index is 10.9. The van der Waals surface area contributed by atoms with Gasteiger partial charge in [-0.3, -0.25) is 0 Å². The lowest BCUT2D eigenvalue weighted by atomic mass is 10.3. The molecule has 0 aliphatic heterocycles. The van der Waals surface area contributed by atoms with Crippen molar-refractivity contribution in [2.75, 3.05) is 20.3 Å². The monoisotopic (exact) mass is 231 g/mol. The highest BCUT2D eigenvalue weighted by Gasteiger charge is 2.06. The lowest BCUT2D eigenvalue weighted by molar-refractivity contribution is 0.146. The quantitative estimate of drug-likeness (QED) is 0.742. The number of hydrogen-bond acceptors (Lipinski definition) is 4. The van der Waals surface area contributed by atoms with Crippen molar-refractivity contribution in [2.24, 2.45) is 5.14 Å². The zero-order valence-corrected chi connectivity index (χ0v) is 9.16. The van der Waals surface area contributed by atoms with Crippen LogP contribution in [0.3, 0.4) is 0 Å². The normalized spacial score (nSPS) is 11.3. The third-order valence-electron chi connectivity index (χ3n) is 1.71. The highest BCUT2D eigenvalue weighted by Crippen LogP contribution is 2.14. The predicted octanol–water partition coefficient (Wildman–Crippen LogP) is 0.359. The van der Waals surface area contributed by atoms with Crippen molar-refractivity contribution in [1.29, 1.82) is 0 Å². The number of nitrogens with two attached hydrogens (primary N) is 1. The van der Waals surface area contributed by atoms with Gasteiger partial charge in [0.05, 0.1) is 11.5 Å². The van der Waals surface area contributed by atoms with Crippen LogP contribution in [0.5, 0.6) is 5.75 Å². The Kier molecular flexibility index (Phi) is 4.07. The molecule has 0 aromatic heterocycles. The molecule has 1 aromatic rings. The molecule has 0 saturated heterocycles. The van der Waals surface area contributed by atoms with Gasteiger partial charge in [0, 0.05) is 7.11 Å². The van der Waals surface area contributed by atoms with Gasteiger partial charge in [0.15, 0.2) is 0 Å². The maximum Gasteiger partial charge on any atom is 0.238 e. The van der Waals surface area contributed by atoms with Crippen LogP contribution >= 0.6 is 0 Å². The summed E-state index contributed by atoms with van der Waals surface area (Å²) in [6.07, 6.45) is 0. The molecule has 0 unspecified atom stereocenters. The minimum absolute atomic E-state index is 0.0709. The number of ether oxygens (including phenoxy) is 2. The molecule has 0 heterocycles. The molecule has 1 rings (SSSR count). The van der Waals surface area contributed by atoms with E-state index in [2.05, 4.69) is 0 Å². The Hall–Kier alpha value is -1.11. The number of rotatable bonds is 5. The Morgan fingerprint density at radius 1 is 1.20 bits per heavy atom. The Bertz CT molecular complexity index is 399. The van der Waals surface area contributed by atoms with E-state index in [1.807, 2.05) is 0 Å². The third kappa shape index (κ3) is 3.86. The van der Waals surface area contributed by atoms with Gasteiger partial charge in [-0.2, -0.15) is 0 Å². The first-order chi connectivity index (χ1) is 7.04. The summed E-state index contributed by atoms with van der Waals surface area (Å²) in [5.74, 6) is 0.583. The molecular weight excluding hydrogens is 218 g/mol. The molecule has 0 fully saturated rings. The van der Waals surface area contributed by atoms with Crippen molar-refractivity contribution >= 4 is 10.0 Å². The van der Waals surface area contributed by atoms with Crippen molar-refractivity contribution in [2.45, 2.75) is 4.90 Å². The minimum atomic E-state index is -3.62. The fraction of sp³-hybridized carbons (Fsp3) is 0.333. The molecule has 0 spiro atoms. The molecule has 0 bridgehead atoms. The number of benzene rings is 1. The summed E-state index contributed by atoms with van der Waals surface area (Å²) >= 11 is 0. The van der Waals surface area contributed by atoms with Crippen molar-refractivity contribution in [1.82, 2.24) is 0 Å². The third-order valence-corrected chi connectivity index (χ3v) is 2.64. The van der Waals surface area contributed by atoms with Gasteiger partial charge in [-0.05, 0) is 24.3 Å². The molecule has 0 amide bonds. The molecule has 6 heteroatoms. The first kappa shape index (κ1) is 12.0. The molecule has 2 N–H and O–H groups in total. The van der Waals surface area contributed by atoms with Crippen molar-refractivity contribution in [3.05, 3.63) is 24.3 Å². The number of primary sulfonamides is 1. The molecule has 0 aliphatic rings. The summed E-state index contributed by atoms with van der Waals surface area (Å²) in [6, 6.07) is 5.90. The van der Waals surface area contributed by atoms with Crippen molar-refractivity contribution in [3.8, 4) is 5.75 Å². The fourth-order valence-electron chi connectivity index (χ4n) is 0.968. The first-order valence-electron chi connectivity index (χ1n) is 4.28. The van der Waals surface area contributed by atoms with E-state index in [0.717, 1.165) is 0 Å². The molecule has 84 valence electrons. The highest BCUT2D eigenvalue weighted by atomic mass is 32.2. The Morgan fingerprint density at radius 3 is 2.27 bits per heavy atom. The van der Waals surface area contributed by atoms with E-state index in [4.69, 9.17) is 14.6 Å². The van der Waals surface area contributed by atoms with E-state index >= 15 is 0 Å². The van der Waals surface area contributed by atoms with Crippen LogP contribution in [0.1, 0.15) is 0 Å². The zero-order chi connectivity index (χ0) is 11.3. The summed E-state index contributed by atoms with van der Waals surface area (Å²) in [7, 11) is -2.05. The topological polar surface area (TPSA) is 78.6 Å². The number of hydrogen-bond donors (Lipinski definition) is 1. The van der Waals surface area contributed by atoms with Crippen LogP contribution in [0, 0.1) is 0 Å². The van der Waals surface area contributed by atoms with Crippen LogP contribution in [0.4, 0.5) is 0 Å². The van der Waals surface area contributed by atoms with E-state index in [0.29, 0.717) is 19.0 Å². The smallest absolute Gasteiger partial charge is 0.238 e. The summed E-state index contributed by atoms with van der Waals surface area (Å²) < 4.78 is 31.9. The minimum Gasteiger partial charge on any atom is -0.491 e. The second-order valence-corrected chi connectivity index (χ2v) is 4.42. The maximum absolute atomic E-state index is 10.9. The summed E-state index contributed by atoms with van der Waals surface area (Å²) in [4.78, 5) is 0.0709. The number of methoxy groups -OCH3 is 1. The average molecular weight is 231 g/mol. The molecular formula is C9H13NO4S. The Labute approximate surface area is 88.9 Å². The molecule has 15 heavy (non-hydrogen) atoms.